The summed E-state index contributed by atoms with van der Waals surface area (Å²) < 4.78 is 0. The third-order valence-electron chi connectivity index (χ3n) is 6.64. The number of rotatable bonds is 5. The van der Waals surface area contributed by atoms with Gasteiger partial charge in [0.25, 0.3) is 5.91 Å². The molecule has 1 aromatic heterocycles. The molecule has 2 atom stereocenters. The van der Waals surface area contributed by atoms with Gasteiger partial charge in [0.15, 0.2) is 0 Å². The molecule has 0 aromatic carbocycles. The van der Waals surface area contributed by atoms with E-state index in [1.54, 1.807) is 11.4 Å². The van der Waals surface area contributed by atoms with E-state index in [2.05, 4.69) is 10.6 Å². The maximum Gasteiger partial charge on any atom is 0.307 e. The van der Waals surface area contributed by atoms with Crippen LogP contribution in [-0.4, -0.2) is 28.9 Å². The number of carboxylic acids is 1. The number of carbonyl (C=O) groups excluding carboxylic acids is 2. The first kappa shape index (κ1) is 18.5. The largest absolute Gasteiger partial charge is 0.481 e. The van der Waals surface area contributed by atoms with Crippen LogP contribution in [0.15, 0.2) is 11.4 Å². The zero-order valence-corrected chi connectivity index (χ0v) is 16.1. The van der Waals surface area contributed by atoms with E-state index in [4.69, 9.17) is 0 Å². The van der Waals surface area contributed by atoms with Crippen LogP contribution in [0.3, 0.4) is 0 Å². The van der Waals surface area contributed by atoms with Crippen molar-refractivity contribution in [2.24, 2.45) is 23.7 Å². The van der Waals surface area contributed by atoms with E-state index in [-0.39, 0.29) is 29.7 Å². The van der Waals surface area contributed by atoms with Gasteiger partial charge in [0, 0.05) is 6.04 Å². The number of amides is 2. The zero-order valence-electron chi connectivity index (χ0n) is 15.3. The molecule has 1 heterocycles. The lowest BCUT2D eigenvalue weighted by atomic mass is 9.58. The summed E-state index contributed by atoms with van der Waals surface area (Å²) in [5.74, 6) is -2.14. The predicted octanol–water partition coefficient (Wildman–Crippen LogP) is 3.50. The maximum atomic E-state index is 13.0. The van der Waals surface area contributed by atoms with Crippen molar-refractivity contribution < 1.29 is 19.5 Å². The number of thiophene rings is 1. The molecule has 1 aromatic rings. The molecule has 4 saturated carbocycles. The van der Waals surface area contributed by atoms with Gasteiger partial charge in [0.05, 0.1) is 17.4 Å². The van der Waals surface area contributed by atoms with E-state index >= 15 is 0 Å². The first-order chi connectivity index (χ1) is 13.0. The van der Waals surface area contributed by atoms with Crippen LogP contribution in [0.1, 0.15) is 61.7 Å². The Morgan fingerprint density at radius 1 is 0.963 bits per heavy atom. The van der Waals surface area contributed by atoms with Crippen molar-refractivity contribution in [1.29, 1.82) is 0 Å². The Balaban J connectivity index is 1.47. The minimum absolute atomic E-state index is 0.0942. The Labute approximate surface area is 162 Å². The Hall–Kier alpha value is -1.89. The third-order valence-corrected chi connectivity index (χ3v) is 7.47. The van der Waals surface area contributed by atoms with Gasteiger partial charge in [-0.15, -0.1) is 11.3 Å². The summed E-state index contributed by atoms with van der Waals surface area (Å²) in [6.45, 7) is 0. The average molecular weight is 391 g/mol. The van der Waals surface area contributed by atoms with E-state index in [1.807, 2.05) is 0 Å². The second-order valence-electron chi connectivity index (χ2n) is 8.17. The fraction of sp³-hybridized carbons (Fsp3) is 0.650. The summed E-state index contributed by atoms with van der Waals surface area (Å²) in [5.41, 5.74) is 0.480. The lowest BCUT2D eigenvalue weighted by Crippen LogP contribution is -2.49. The molecular formula is C20H26N2O4S. The number of anilines is 1. The van der Waals surface area contributed by atoms with E-state index in [0.717, 1.165) is 51.4 Å². The van der Waals surface area contributed by atoms with Crippen molar-refractivity contribution in [1.82, 2.24) is 5.32 Å². The highest BCUT2D eigenvalue weighted by atomic mass is 32.1. The van der Waals surface area contributed by atoms with Crippen LogP contribution in [0.4, 0.5) is 5.00 Å². The highest BCUT2D eigenvalue weighted by Gasteiger charge is 2.50. The Bertz CT molecular complexity index is 732. The zero-order chi connectivity index (χ0) is 19.0. The Morgan fingerprint density at radius 3 is 2.22 bits per heavy atom. The third kappa shape index (κ3) is 3.61. The van der Waals surface area contributed by atoms with Crippen LogP contribution in [0, 0.1) is 23.7 Å². The summed E-state index contributed by atoms with van der Waals surface area (Å²) in [7, 11) is 0. The van der Waals surface area contributed by atoms with Gasteiger partial charge in [-0.3, -0.25) is 14.4 Å². The van der Waals surface area contributed by atoms with Crippen molar-refractivity contribution >= 4 is 34.1 Å². The molecular weight excluding hydrogens is 364 g/mol. The van der Waals surface area contributed by atoms with E-state index in [1.165, 1.54) is 11.3 Å². The van der Waals surface area contributed by atoms with E-state index < -0.39 is 17.8 Å². The van der Waals surface area contributed by atoms with Crippen LogP contribution >= 0.6 is 11.3 Å². The molecule has 27 heavy (non-hydrogen) atoms. The van der Waals surface area contributed by atoms with E-state index in [0.29, 0.717) is 10.6 Å². The van der Waals surface area contributed by atoms with Crippen molar-refractivity contribution in [3.05, 3.63) is 17.0 Å². The van der Waals surface area contributed by atoms with Crippen LogP contribution < -0.4 is 10.6 Å². The number of hydrogen-bond acceptors (Lipinski definition) is 4. The van der Waals surface area contributed by atoms with Crippen molar-refractivity contribution in [3.63, 3.8) is 0 Å². The van der Waals surface area contributed by atoms with Gasteiger partial charge < -0.3 is 15.7 Å². The number of aliphatic carboxylic acids is 1. The molecule has 2 bridgehead atoms. The van der Waals surface area contributed by atoms with Gasteiger partial charge in [-0.05, 0) is 61.8 Å². The molecule has 4 aliphatic carbocycles. The lowest BCUT2D eigenvalue weighted by Gasteiger charge is -2.45. The standard InChI is InChI=1S/C20H26N2O4S/c23-17(21-13-3-1-2-4-13)14-9-10-27-19(14)22-18(24)15-11-5-7-12(8-6-11)16(15)20(25)26/h9-13,15-16H,1-8H2,(H,21,23)(H,22,24)(H,25,26)/t11?,12?,15-,16-/m1/s1. The van der Waals surface area contributed by atoms with Crippen molar-refractivity contribution in [2.75, 3.05) is 5.32 Å². The van der Waals surface area contributed by atoms with Crippen molar-refractivity contribution in [2.45, 2.75) is 57.4 Å². The number of carbonyl (C=O) groups is 3. The Morgan fingerprint density at radius 2 is 1.59 bits per heavy atom. The molecule has 0 saturated heterocycles. The number of carboxylic acid groups (broad SMARTS) is 1. The fourth-order valence-electron chi connectivity index (χ4n) is 5.30. The average Bonchev–Trinajstić information content (AvgIpc) is 3.33. The minimum Gasteiger partial charge on any atom is -0.481 e. The first-order valence-electron chi connectivity index (χ1n) is 9.96. The van der Waals surface area contributed by atoms with Gasteiger partial charge in [-0.1, -0.05) is 12.8 Å². The molecule has 2 amide bonds. The molecule has 7 heteroatoms. The first-order valence-corrected chi connectivity index (χ1v) is 10.8. The molecule has 4 fully saturated rings. The molecule has 3 N–H and O–H groups in total. The number of hydrogen-bond donors (Lipinski definition) is 3. The molecule has 6 nitrogen and oxygen atoms in total. The number of nitrogens with one attached hydrogen (secondary N) is 2. The maximum absolute atomic E-state index is 13.0. The second kappa shape index (κ2) is 7.62. The van der Waals surface area contributed by atoms with Crippen LogP contribution in [0.2, 0.25) is 0 Å². The highest BCUT2D eigenvalue weighted by molar-refractivity contribution is 7.14. The summed E-state index contributed by atoms with van der Waals surface area (Å²) in [4.78, 5) is 37.4. The van der Waals surface area contributed by atoms with Gasteiger partial charge in [0.2, 0.25) is 5.91 Å². The molecule has 0 radical (unpaired) electrons. The van der Waals surface area contributed by atoms with Crippen LogP contribution in [-0.2, 0) is 9.59 Å². The SMILES string of the molecule is O=C(NC1CCCC1)c1ccsc1NC(=O)[C@@H]1C2CCC(CC2)[C@H]1C(=O)O. The summed E-state index contributed by atoms with van der Waals surface area (Å²) >= 11 is 1.32. The molecule has 4 aliphatic rings. The lowest BCUT2D eigenvalue weighted by molar-refractivity contribution is -0.156. The summed E-state index contributed by atoms with van der Waals surface area (Å²) in [6.07, 6.45) is 7.93. The fourth-order valence-corrected chi connectivity index (χ4v) is 6.08. The number of fused-ring (bicyclic) bond motifs is 3. The minimum atomic E-state index is -0.866. The smallest absolute Gasteiger partial charge is 0.307 e. The molecule has 146 valence electrons. The van der Waals surface area contributed by atoms with Gasteiger partial charge in [-0.25, -0.2) is 0 Å². The molecule has 0 unspecified atom stereocenters. The van der Waals surface area contributed by atoms with E-state index in [9.17, 15) is 19.5 Å². The topological polar surface area (TPSA) is 95.5 Å². The highest BCUT2D eigenvalue weighted by Crippen LogP contribution is 2.49. The van der Waals surface area contributed by atoms with Gasteiger partial charge in [0.1, 0.15) is 5.00 Å². The van der Waals surface area contributed by atoms with Gasteiger partial charge >= 0.3 is 5.97 Å². The van der Waals surface area contributed by atoms with Crippen LogP contribution in [0.25, 0.3) is 0 Å². The molecule has 5 rings (SSSR count). The normalized spacial score (nSPS) is 30.2. The van der Waals surface area contributed by atoms with Gasteiger partial charge in [-0.2, -0.15) is 0 Å². The van der Waals surface area contributed by atoms with Crippen LogP contribution in [0.5, 0.6) is 0 Å². The van der Waals surface area contributed by atoms with Crippen molar-refractivity contribution in [3.8, 4) is 0 Å². The Kier molecular flexibility index (Phi) is 5.21. The predicted molar refractivity (Wildman–Crippen MR) is 103 cm³/mol. The summed E-state index contributed by atoms with van der Waals surface area (Å²) in [5, 5.41) is 17.9. The molecule has 0 spiro atoms. The molecule has 0 aliphatic heterocycles. The quantitative estimate of drug-likeness (QED) is 0.717. The monoisotopic (exact) mass is 390 g/mol. The summed E-state index contributed by atoms with van der Waals surface area (Å²) in [6, 6.07) is 1.94. The second-order valence-corrected chi connectivity index (χ2v) is 9.09.